The quantitative estimate of drug-likeness (QED) is 0.472. The van der Waals surface area contributed by atoms with Gasteiger partial charge in [0.15, 0.2) is 0 Å². The first-order chi connectivity index (χ1) is 7.00. The van der Waals surface area contributed by atoms with Crippen LogP contribution in [-0.4, -0.2) is 16.1 Å². The molecule has 0 saturated carbocycles. The molecule has 80 valence electrons. The van der Waals surface area contributed by atoms with Crippen LogP contribution < -0.4 is 0 Å². The minimum Gasteiger partial charge on any atom is -0.465 e. The van der Waals surface area contributed by atoms with E-state index < -0.39 is 21.6 Å². The van der Waals surface area contributed by atoms with Crippen molar-refractivity contribution in [1.29, 1.82) is 0 Å². The molecule has 7 nitrogen and oxygen atoms in total. The molecule has 1 amide bonds. The standard InChI is InChI=1S/C7H5N2O5S/c10-7(11)8-15(14)6-3-1-2-5(4-6)9(12)13/h1-4H,(H,10,11)/q-1. The summed E-state index contributed by atoms with van der Waals surface area (Å²) in [5.41, 5.74) is -0.263. The normalized spacial score (nSPS) is 12.3. The van der Waals surface area contributed by atoms with Crippen molar-refractivity contribution in [2.75, 3.05) is 0 Å². The number of benzene rings is 1. The van der Waals surface area contributed by atoms with E-state index in [1.807, 2.05) is 0 Å². The minimum absolute atomic E-state index is 0.0217. The minimum atomic E-state index is -2.12. The highest BCUT2D eigenvalue weighted by molar-refractivity contribution is 7.75. The molecule has 0 saturated heterocycles. The second-order valence-electron chi connectivity index (χ2n) is 2.38. The Kier molecular flexibility index (Phi) is 3.34. The Bertz CT molecular complexity index is 492. The molecule has 0 atom stereocenters. The lowest BCUT2D eigenvalue weighted by atomic mass is 10.3. The van der Waals surface area contributed by atoms with Crippen LogP contribution in [0, 0.1) is 10.1 Å². The van der Waals surface area contributed by atoms with Gasteiger partial charge in [-0.25, -0.2) is 4.79 Å². The molecule has 0 heterocycles. The molecule has 0 radical (unpaired) electrons. The van der Waals surface area contributed by atoms with Crippen LogP contribution in [0.1, 0.15) is 0 Å². The fraction of sp³-hybridized carbons (Fsp3) is 0. The van der Waals surface area contributed by atoms with Crippen LogP contribution in [0.2, 0.25) is 0 Å². The van der Waals surface area contributed by atoms with Gasteiger partial charge in [0, 0.05) is 12.1 Å². The lowest BCUT2D eigenvalue weighted by Crippen LogP contribution is -1.91. The number of non-ortho nitro benzene ring substituents is 1. The van der Waals surface area contributed by atoms with E-state index in [1.165, 1.54) is 18.2 Å². The maximum absolute atomic E-state index is 11.2. The van der Waals surface area contributed by atoms with Crippen LogP contribution in [-0.2, 0) is 14.8 Å². The number of nitro groups is 1. The zero-order chi connectivity index (χ0) is 11.4. The summed E-state index contributed by atoms with van der Waals surface area (Å²) in [4.78, 5) is 19.8. The second kappa shape index (κ2) is 4.51. The third-order valence-electron chi connectivity index (χ3n) is 1.39. The highest BCUT2D eigenvalue weighted by atomic mass is 32.2. The van der Waals surface area contributed by atoms with Crippen LogP contribution in [0.5, 0.6) is 0 Å². The molecule has 0 aromatic heterocycles. The zero-order valence-electron chi connectivity index (χ0n) is 7.19. The Morgan fingerprint density at radius 2 is 2.20 bits per heavy atom. The van der Waals surface area contributed by atoms with E-state index in [-0.39, 0.29) is 10.6 Å². The number of carboxylic acid groups (broad SMARTS) is 1. The van der Waals surface area contributed by atoms with Crippen molar-refractivity contribution in [3.63, 3.8) is 0 Å². The van der Waals surface area contributed by atoms with Gasteiger partial charge in [-0.15, -0.1) is 10.6 Å². The van der Waals surface area contributed by atoms with Gasteiger partial charge in [0.05, 0.1) is 4.92 Å². The van der Waals surface area contributed by atoms with Gasteiger partial charge in [-0.3, -0.25) is 14.5 Å². The smallest absolute Gasteiger partial charge is 0.407 e. The summed E-state index contributed by atoms with van der Waals surface area (Å²) < 4.78 is 14.0. The van der Waals surface area contributed by atoms with Gasteiger partial charge in [0.1, 0.15) is 0 Å². The maximum Gasteiger partial charge on any atom is 0.407 e. The van der Waals surface area contributed by atoms with E-state index in [4.69, 9.17) is 5.11 Å². The van der Waals surface area contributed by atoms with Crippen LogP contribution >= 0.6 is 0 Å². The molecule has 1 aromatic carbocycles. The van der Waals surface area contributed by atoms with Gasteiger partial charge < -0.3 is 9.32 Å². The van der Waals surface area contributed by atoms with Gasteiger partial charge in [-0.2, -0.15) is 0 Å². The lowest BCUT2D eigenvalue weighted by Gasteiger charge is -2.02. The average Bonchev–Trinajstić information content (AvgIpc) is 2.17. The average molecular weight is 229 g/mol. The number of nitro benzene ring substituents is 1. The van der Waals surface area contributed by atoms with E-state index in [2.05, 4.69) is 4.36 Å². The predicted molar refractivity (Wildman–Crippen MR) is 49.9 cm³/mol. The summed E-state index contributed by atoms with van der Waals surface area (Å²) >= 11 is 0. The highest BCUT2D eigenvalue weighted by Crippen LogP contribution is 2.14. The van der Waals surface area contributed by atoms with E-state index >= 15 is 0 Å². The van der Waals surface area contributed by atoms with E-state index in [1.54, 1.807) is 0 Å². The number of carbonyl (C=O) groups is 1. The Morgan fingerprint density at radius 3 is 2.73 bits per heavy atom. The van der Waals surface area contributed by atoms with Gasteiger partial charge in [0.25, 0.3) is 5.69 Å². The molecular weight excluding hydrogens is 224 g/mol. The fourth-order valence-electron chi connectivity index (χ4n) is 0.829. The first kappa shape index (κ1) is 11.1. The first-order valence-corrected chi connectivity index (χ1v) is 4.72. The van der Waals surface area contributed by atoms with Crippen molar-refractivity contribution in [1.82, 2.24) is 0 Å². The van der Waals surface area contributed by atoms with Crippen LogP contribution in [0.3, 0.4) is 0 Å². The molecule has 0 unspecified atom stereocenters. The topological polar surface area (TPSA) is 110 Å². The summed E-state index contributed by atoms with van der Waals surface area (Å²) in [7, 11) is -2.12. The number of hydrogen-bond donors (Lipinski definition) is 1. The summed E-state index contributed by atoms with van der Waals surface area (Å²) in [5, 5.41) is 18.6. The van der Waals surface area contributed by atoms with Gasteiger partial charge in [0.2, 0.25) is 0 Å². The predicted octanol–water partition coefficient (Wildman–Crippen LogP) is 1.78. The molecule has 0 aliphatic rings. The van der Waals surface area contributed by atoms with Gasteiger partial charge in [-0.1, -0.05) is 17.0 Å². The largest absolute Gasteiger partial charge is 0.465 e. The summed E-state index contributed by atoms with van der Waals surface area (Å²) in [6, 6.07) is 4.84. The van der Waals surface area contributed by atoms with Crippen molar-refractivity contribution < 1.29 is 19.0 Å². The molecule has 0 fully saturated rings. The molecule has 0 aliphatic carbocycles. The Hall–Kier alpha value is -1.96. The molecule has 0 spiro atoms. The van der Waals surface area contributed by atoms with Crippen molar-refractivity contribution in [2.45, 2.75) is 4.90 Å². The SMILES string of the molecule is O=C(O)N=[S-](=O)c1cccc([N+](=O)[O-])c1. The zero-order valence-corrected chi connectivity index (χ0v) is 8.01. The number of hydrogen-bond acceptors (Lipinski definition) is 5. The third-order valence-corrected chi connectivity index (χ3v) is 2.37. The molecule has 8 heteroatoms. The molecular formula is C7H5N2O5S-. The molecule has 1 aromatic rings. The Labute approximate surface area is 85.7 Å². The Balaban J connectivity index is 3.17. The number of rotatable bonds is 2. The monoisotopic (exact) mass is 229 g/mol. The summed E-state index contributed by atoms with van der Waals surface area (Å²) in [6.45, 7) is 0. The van der Waals surface area contributed by atoms with Crippen LogP contribution in [0.25, 0.3) is 0 Å². The van der Waals surface area contributed by atoms with Crippen LogP contribution in [0.15, 0.2) is 33.5 Å². The molecule has 1 N–H and O–H groups in total. The fourth-order valence-corrected chi connectivity index (χ4v) is 1.49. The number of nitrogens with zero attached hydrogens (tertiary/aromatic N) is 2. The summed E-state index contributed by atoms with van der Waals surface area (Å²) in [5.74, 6) is 0. The van der Waals surface area contributed by atoms with E-state index in [0.29, 0.717) is 0 Å². The second-order valence-corrected chi connectivity index (χ2v) is 3.53. The van der Waals surface area contributed by atoms with Crippen molar-refractivity contribution in [2.24, 2.45) is 4.36 Å². The van der Waals surface area contributed by atoms with Crippen molar-refractivity contribution in [3.8, 4) is 0 Å². The van der Waals surface area contributed by atoms with Gasteiger partial charge >= 0.3 is 6.09 Å². The first-order valence-electron chi connectivity index (χ1n) is 3.61. The van der Waals surface area contributed by atoms with Gasteiger partial charge in [-0.05, 0) is 0 Å². The van der Waals surface area contributed by atoms with Crippen molar-refractivity contribution in [3.05, 3.63) is 34.4 Å². The van der Waals surface area contributed by atoms with E-state index in [0.717, 1.165) is 6.07 Å². The summed E-state index contributed by atoms with van der Waals surface area (Å²) in [6.07, 6.45) is -1.58. The lowest BCUT2D eigenvalue weighted by molar-refractivity contribution is -0.385. The number of amides is 1. The molecule has 1 rings (SSSR count). The van der Waals surface area contributed by atoms with Crippen LogP contribution in [0.4, 0.5) is 10.5 Å². The molecule has 15 heavy (non-hydrogen) atoms. The van der Waals surface area contributed by atoms with E-state index in [9.17, 15) is 19.1 Å². The maximum atomic E-state index is 11.2. The Morgan fingerprint density at radius 1 is 1.53 bits per heavy atom. The molecule has 0 bridgehead atoms. The van der Waals surface area contributed by atoms with Crippen molar-refractivity contribution >= 4 is 22.4 Å². The third kappa shape index (κ3) is 3.02. The molecule has 0 aliphatic heterocycles. The highest BCUT2D eigenvalue weighted by Gasteiger charge is 2.02.